The zero-order valence-electron chi connectivity index (χ0n) is 10.2. The van der Waals surface area contributed by atoms with Gasteiger partial charge in [-0.2, -0.15) is 0 Å². The highest BCUT2D eigenvalue weighted by Crippen LogP contribution is 2.19. The van der Waals surface area contributed by atoms with Crippen molar-refractivity contribution in [3.63, 3.8) is 0 Å². The first-order valence-corrected chi connectivity index (χ1v) is 9.21. The molecule has 0 aliphatic heterocycles. The lowest BCUT2D eigenvalue weighted by molar-refractivity contribution is 0.412. The van der Waals surface area contributed by atoms with E-state index in [2.05, 4.69) is 10.6 Å². The first kappa shape index (κ1) is 15.4. The Kier molecular flexibility index (Phi) is 9.33. The van der Waals surface area contributed by atoms with Crippen molar-refractivity contribution in [3.8, 4) is 0 Å². The van der Waals surface area contributed by atoms with Crippen LogP contribution >= 0.6 is 33.8 Å². The summed E-state index contributed by atoms with van der Waals surface area (Å²) < 4.78 is 0. The summed E-state index contributed by atoms with van der Waals surface area (Å²) in [6, 6.07) is 0.600. The van der Waals surface area contributed by atoms with E-state index >= 15 is 0 Å². The molecule has 1 fully saturated rings. The zero-order chi connectivity index (χ0) is 12.3. The molecule has 1 saturated carbocycles. The Hall–Kier alpha value is 0.350. The molecule has 0 amide bonds. The zero-order valence-corrected chi connectivity index (χ0v) is 12.7. The standard InChI is InChI=1S/C11H23N3S3/c12-6-8-16-17-9-7-13-11(15)14-10-4-2-1-3-5-10/h10H,1-9,12H2,(H2,13,14,15). The van der Waals surface area contributed by atoms with Crippen LogP contribution in [0, 0.1) is 0 Å². The van der Waals surface area contributed by atoms with Crippen LogP contribution in [0.3, 0.4) is 0 Å². The molecule has 100 valence electrons. The minimum absolute atomic E-state index is 0.600. The van der Waals surface area contributed by atoms with Crippen LogP contribution in [0.5, 0.6) is 0 Å². The number of nitrogens with two attached hydrogens (primary N) is 1. The van der Waals surface area contributed by atoms with Gasteiger partial charge in [0.25, 0.3) is 0 Å². The van der Waals surface area contributed by atoms with E-state index in [4.69, 9.17) is 18.0 Å². The number of thiocarbonyl (C=S) groups is 1. The predicted octanol–water partition coefficient (Wildman–Crippen LogP) is 2.12. The Morgan fingerprint density at radius 3 is 2.59 bits per heavy atom. The quantitative estimate of drug-likeness (QED) is 0.380. The molecular formula is C11H23N3S3. The van der Waals surface area contributed by atoms with Gasteiger partial charge >= 0.3 is 0 Å². The lowest BCUT2D eigenvalue weighted by Gasteiger charge is -2.24. The van der Waals surface area contributed by atoms with Gasteiger partial charge in [0, 0.05) is 30.6 Å². The Bertz CT molecular complexity index is 208. The van der Waals surface area contributed by atoms with Crippen LogP contribution in [-0.4, -0.2) is 35.7 Å². The SMILES string of the molecule is NCCSSCCNC(=S)NC1CCCCC1. The minimum atomic E-state index is 0.600. The molecule has 3 nitrogen and oxygen atoms in total. The molecule has 0 aromatic carbocycles. The van der Waals surface area contributed by atoms with Crippen molar-refractivity contribution in [1.29, 1.82) is 0 Å². The highest BCUT2D eigenvalue weighted by molar-refractivity contribution is 8.76. The maximum absolute atomic E-state index is 5.42. The van der Waals surface area contributed by atoms with Crippen molar-refractivity contribution in [3.05, 3.63) is 0 Å². The highest BCUT2D eigenvalue weighted by Gasteiger charge is 2.13. The number of rotatable bonds is 7. The molecule has 0 bridgehead atoms. The molecule has 0 spiro atoms. The molecule has 17 heavy (non-hydrogen) atoms. The smallest absolute Gasteiger partial charge is 0.166 e. The fourth-order valence-corrected chi connectivity index (χ4v) is 3.89. The molecule has 6 heteroatoms. The molecule has 4 N–H and O–H groups in total. The summed E-state index contributed by atoms with van der Waals surface area (Å²) in [6.45, 7) is 1.69. The van der Waals surface area contributed by atoms with E-state index < -0.39 is 0 Å². The normalized spacial score (nSPS) is 16.8. The first-order valence-electron chi connectivity index (χ1n) is 6.32. The van der Waals surface area contributed by atoms with Gasteiger partial charge in [-0.1, -0.05) is 40.9 Å². The summed E-state index contributed by atoms with van der Waals surface area (Å²) in [5.74, 6) is 2.09. The van der Waals surface area contributed by atoms with E-state index in [0.29, 0.717) is 6.04 Å². The van der Waals surface area contributed by atoms with Crippen molar-refractivity contribution in [1.82, 2.24) is 10.6 Å². The van der Waals surface area contributed by atoms with Crippen molar-refractivity contribution >= 4 is 38.9 Å². The molecular weight excluding hydrogens is 270 g/mol. The third kappa shape index (κ3) is 8.13. The average Bonchev–Trinajstić information content (AvgIpc) is 2.35. The van der Waals surface area contributed by atoms with Crippen molar-refractivity contribution < 1.29 is 0 Å². The van der Waals surface area contributed by atoms with Crippen LogP contribution in [0.1, 0.15) is 32.1 Å². The van der Waals surface area contributed by atoms with E-state index in [0.717, 1.165) is 29.7 Å². The van der Waals surface area contributed by atoms with Gasteiger partial charge < -0.3 is 16.4 Å². The third-order valence-electron chi connectivity index (χ3n) is 2.70. The van der Waals surface area contributed by atoms with Gasteiger partial charge in [-0.15, -0.1) is 0 Å². The van der Waals surface area contributed by atoms with Gasteiger partial charge in [0.15, 0.2) is 5.11 Å². The largest absolute Gasteiger partial charge is 0.362 e. The Labute approximate surface area is 118 Å². The van der Waals surface area contributed by atoms with E-state index in [1.54, 1.807) is 0 Å². The van der Waals surface area contributed by atoms with Crippen molar-refractivity contribution in [2.45, 2.75) is 38.1 Å². The fourth-order valence-electron chi connectivity index (χ4n) is 1.86. The second-order valence-corrected chi connectivity index (χ2v) is 7.28. The van der Waals surface area contributed by atoms with E-state index in [1.165, 1.54) is 32.1 Å². The Balaban J connectivity index is 1.93. The molecule has 0 radical (unpaired) electrons. The van der Waals surface area contributed by atoms with Crippen LogP contribution in [-0.2, 0) is 0 Å². The first-order chi connectivity index (χ1) is 8.33. The molecule has 1 aliphatic carbocycles. The molecule has 0 atom stereocenters. The van der Waals surface area contributed by atoms with Crippen LogP contribution in [0.15, 0.2) is 0 Å². The molecule has 0 aromatic rings. The summed E-state index contributed by atoms with van der Waals surface area (Å²) in [7, 11) is 3.68. The van der Waals surface area contributed by atoms with Gasteiger partial charge in [-0.3, -0.25) is 0 Å². The second-order valence-electron chi connectivity index (χ2n) is 4.17. The van der Waals surface area contributed by atoms with Gasteiger partial charge in [0.2, 0.25) is 0 Å². The van der Waals surface area contributed by atoms with Crippen molar-refractivity contribution in [2.75, 3.05) is 24.6 Å². The lowest BCUT2D eigenvalue weighted by atomic mass is 9.96. The summed E-state index contributed by atoms with van der Waals surface area (Å²) in [5, 5.41) is 7.49. The molecule has 0 saturated heterocycles. The predicted molar refractivity (Wildman–Crippen MR) is 84.6 cm³/mol. The summed E-state index contributed by atoms with van der Waals surface area (Å²) in [6.07, 6.45) is 6.59. The number of hydrogen-bond donors (Lipinski definition) is 3. The van der Waals surface area contributed by atoms with Gasteiger partial charge in [-0.25, -0.2) is 0 Å². The molecule has 0 heterocycles. The Morgan fingerprint density at radius 2 is 1.88 bits per heavy atom. The maximum Gasteiger partial charge on any atom is 0.166 e. The fraction of sp³-hybridized carbons (Fsp3) is 0.909. The maximum atomic E-state index is 5.42. The Morgan fingerprint density at radius 1 is 1.18 bits per heavy atom. The van der Waals surface area contributed by atoms with Crippen LogP contribution in [0.2, 0.25) is 0 Å². The van der Waals surface area contributed by atoms with E-state index in [1.807, 2.05) is 21.6 Å². The highest BCUT2D eigenvalue weighted by atomic mass is 33.1. The van der Waals surface area contributed by atoms with Gasteiger partial charge in [0.1, 0.15) is 0 Å². The summed E-state index contributed by atoms with van der Waals surface area (Å²) >= 11 is 5.28. The lowest BCUT2D eigenvalue weighted by Crippen LogP contribution is -2.43. The minimum Gasteiger partial charge on any atom is -0.362 e. The number of nitrogens with one attached hydrogen (secondary N) is 2. The van der Waals surface area contributed by atoms with Crippen LogP contribution < -0.4 is 16.4 Å². The molecule has 0 aromatic heterocycles. The van der Waals surface area contributed by atoms with Gasteiger partial charge in [-0.05, 0) is 25.1 Å². The van der Waals surface area contributed by atoms with Crippen molar-refractivity contribution in [2.24, 2.45) is 5.73 Å². The van der Waals surface area contributed by atoms with Crippen LogP contribution in [0.4, 0.5) is 0 Å². The summed E-state index contributed by atoms with van der Waals surface area (Å²) in [4.78, 5) is 0. The monoisotopic (exact) mass is 293 g/mol. The van der Waals surface area contributed by atoms with E-state index in [-0.39, 0.29) is 0 Å². The van der Waals surface area contributed by atoms with Gasteiger partial charge in [0.05, 0.1) is 0 Å². The summed E-state index contributed by atoms with van der Waals surface area (Å²) in [5.41, 5.74) is 5.42. The second kappa shape index (κ2) is 10.3. The molecule has 1 rings (SSSR count). The average molecular weight is 294 g/mol. The van der Waals surface area contributed by atoms with E-state index in [9.17, 15) is 0 Å². The van der Waals surface area contributed by atoms with Crippen LogP contribution in [0.25, 0.3) is 0 Å². The molecule has 0 unspecified atom stereocenters. The number of hydrogen-bond acceptors (Lipinski definition) is 4. The molecule has 1 aliphatic rings. The topological polar surface area (TPSA) is 50.1 Å². The third-order valence-corrected chi connectivity index (χ3v) is 5.40.